The molecule has 1 saturated heterocycles. The Balaban J connectivity index is 0.000000177. The number of aliphatic imine (C=N–C) groups is 1. The Hall–Kier alpha value is -1.69. The van der Waals surface area contributed by atoms with Gasteiger partial charge in [0.2, 0.25) is 0 Å². The molecule has 6 nitrogen and oxygen atoms in total. The average Bonchev–Trinajstić information content (AvgIpc) is 2.90. The Labute approximate surface area is 124 Å². The van der Waals surface area contributed by atoms with Gasteiger partial charge < -0.3 is 15.5 Å². The van der Waals surface area contributed by atoms with Gasteiger partial charge in [0.1, 0.15) is 0 Å². The van der Waals surface area contributed by atoms with E-state index in [1.165, 1.54) is 38.8 Å². The molecule has 0 aromatic rings. The lowest BCUT2D eigenvalue weighted by Gasteiger charge is -2.34. The van der Waals surface area contributed by atoms with Crippen LogP contribution in [0, 0.1) is 17.8 Å². The zero-order chi connectivity index (χ0) is 15.2. The average molecular weight is 294 g/mol. The minimum atomic E-state index is -1.26. The molecule has 1 aliphatic carbocycles. The Morgan fingerprint density at radius 2 is 1.81 bits per heavy atom. The van der Waals surface area contributed by atoms with Gasteiger partial charge in [0.05, 0.1) is 0 Å². The molecular formula is C15H22N2O4. The first-order valence-corrected chi connectivity index (χ1v) is 7.44. The van der Waals surface area contributed by atoms with Crippen molar-refractivity contribution in [1.29, 1.82) is 0 Å². The summed E-state index contributed by atoms with van der Waals surface area (Å²) in [7, 11) is 0. The van der Waals surface area contributed by atoms with Crippen LogP contribution in [0.4, 0.5) is 0 Å². The maximum atomic E-state index is 9.55. The van der Waals surface area contributed by atoms with E-state index in [1.807, 2.05) is 0 Å². The van der Waals surface area contributed by atoms with Crippen molar-refractivity contribution in [3.05, 3.63) is 12.2 Å². The lowest BCUT2D eigenvalue weighted by molar-refractivity contribution is -0.134. The number of nitrogens with one attached hydrogen (secondary N) is 1. The normalized spacial score (nSPS) is 30.7. The number of carboxylic acid groups (broad SMARTS) is 2. The monoisotopic (exact) mass is 294 g/mol. The van der Waals surface area contributed by atoms with Crippen LogP contribution >= 0.6 is 0 Å². The molecule has 0 radical (unpaired) electrons. The fraction of sp³-hybridized carbons (Fsp3) is 0.667. The van der Waals surface area contributed by atoms with Crippen molar-refractivity contribution in [2.75, 3.05) is 19.6 Å². The fourth-order valence-electron chi connectivity index (χ4n) is 3.42. The molecule has 2 aliphatic heterocycles. The molecule has 0 spiro atoms. The number of nitrogens with zero attached hydrogens (tertiary/aromatic N) is 1. The summed E-state index contributed by atoms with van der Waals surface area (Å²) in [6.07, 6.45) is 6.60. The molecule has 21 heavy (non-hydrogen) atoms. The van der Waals surface area contributed by atoms with Crippen LogP contribution < -0.4 is 5.32 Å². The van der Waals surface area contributed by atoms with E-state index >= 15 is 0 Å². The summed E-state index contributed by atoms with van der Waals surface area (Å²) in [5.74, 6) is 0.254. The van der Waals surface area contributed by atoms with Crippen LogP contribution in [0.15, 0.2) is 17.1 Å². The zero-order valence-electron chi connectivity index (χ0n) is 12.0. The number of rotatable bonds is 2. The highest BCUT2D eigenvalue weighted by atomic mass is 16.4. The van der Waals surface area contributed by atoms with Crippen LogP contribution in [-0.2, 0) is 9.59 Å². The minimum absolute atomic E-state index is 0.558. The molecule has 6 heteroatoms. The highest BCUT2D eigenvalue weighted by molar-refractivity contribution is 5.89. The van der Waals surface area contributed by atoms with Crippen LogP contribution in [0.5, 0.6) is 0 Å². The summed E-state index contributed by atoms with van der Waals surface area (Å²) in [5, 5.41) is 19.1. The summed E-state index contributed by atoms with van der Waals surface area (Å²) < 4.78 is 0. The molecule has 2 heterocycles. The molecule has 1 saturated carbocycles. The van der Waals surface area contributed by atoms with Crippen LogP contribution in [0.25, 0.3) is 0 Å². The summed E-state index contributed by atoms with van der Waals surface area (Å²) in [6.45, 7) is 3.63. The lowest BCUT2D eigenvalue weighted by Crippen LogP contribution is -2.33. The van der Waals surface area contributed by atoms with Gasteiger partial charge in [-0.2, -0.15) is 0 Å². The van der Waals surface area contributed by atoms with Crippen molar-refractivity contribution in [3.63, 3.8) is 0 Å². The van der Waals surface area contributed by atoms with Crippen LogP contribution in [0.3, 0.4) is 0 Å². The summed E-state index contributed by atoms with van der Waals surface area (Å²) in [4.78, 5) is 23.8. The topological polar surface area (TPSA) is 99.0 Å². The first-order valence-electron chi connectivity index (χ1n) is 7.44. The second kappa shape index (κ2) is 7.36. The molecule has 3 rings (SSSR count). The molecule has 0 bridgehead atoms. The Bertz CT molecular complexity index is 443. The number of fused-ring (bicyclic) bond motifs is 2. The summed E-state index contributed by atoms with van der Waals surface area (Å²) >= 11 is 0. The second-order valence-corrected chi connectivity index (χ2v) is 5.84. The molecule has 0 amide bonds. The number of carboxylic acids is 2. The van der Waals surface area contributed by atoms with E-state index in [1.54, 1.807) is 5.71 Å². The third-order valence-corrected chi connectivity index (χ3v) is 4.40. The van der Waals surface area contributed by atoms with Gasteiger partial charge in [-0.15, -0.1) is 0 Å². The molecular weight excluding hydrogens is 272 g/mol. The van der Waals surface area contributed by atoms with Gasteiger partial charge in [-0.1, -0.05) is 0 Å². The SMILES string of the molecule is C1CN=C2C[C@@H]3CNC[C@H]3CC2C1.O=C(O)/C=C\C(=O)O. The predicted octanol–water partition coefficient (Wildman–Crippen LogP) is 1.18. The highest BCUT2D eigenvalue weighted by Crippen LogP contribution is 2.37. The predicted molar refractivity (Wildman–Crippen MR) is 78.5 cm³/mol. The van der Waals surface area contributed by atoms with E-state index in [9.17, 15) is 9.59 Å². The summed E-state index contributed by atoms with van der Waals surface area (Å²) in [6, 6.07) is 0. The van der Waals surface area contributed by atoms with E-state index < -0.39 is 11.9 Å². The molecule has 116 valence electrons. The molecule has 1 unspecified atom stereocenters. The van der Waals surface area contributed by atoms with Crippen molar-refractivity contribution >= 4 is 17.7 Å². The standard InChI is InChI=1S/C11H18N2.C4H4O4/c1-2-8-4-9-6-12-7-10(9)5-11(8)13-3-1;5-3(6)1-2-4(7)8/h8-10,12H,1-7H2;1-2H,(H,5,6)(H,7,8)/b;2-1-/t8?,9-,10-;/m1./s1. The molecule has 0 aromatic carbocycles. The molecule has 3 aliphatic rings. The van der Waals surface area contributed by atoms with Gasteiger partial charge in [0, 0.05) is 24.4 Å². The van der Waals surface area contributed by atoms with E-state index in [0.29, 0.717) is 12.2 Å². The van der Waals surface area contributed by atoms with E-state index in [4.69, 9.17) is 15.2 Å². The lowest BCUT2D eigenvalue weighted by atomic mass is 9.72. The number of aliphatic carboxylic acids is 2. The van der Waals surface area contributed by atoms with Crippen LogP contribution in [-0.4, -0.2) is 47.5 Å². The van der Waals surface area contributed by atoms with E-state index in [0.717, 1.165) is 24.3 Å². The second-order valence-electron chi connectivity index (χ2n) is 5.84. The van der Waals surface area contributed by atoms with Gasteiger partial charge in [0.15, 0.2) is 0 Å². The van der Waals surface area contributed by atoms with Crippen molar-refractivity contribution in [1.82, 2.24) is 5.32 Å². The maximum absolute atomic E-state index is 9.55. The largest absolute Gasteiger partial charge is 0.478 e. The van der Waals surface area contributed by atoms with Crippen LogP contribution in [0.1, 0.15) is 25.7 Å². The van der Waals surface area contributed by atoms with Gasteiger partial charge in [-0.3, -0.25) is 4.99 Å². The van der Waals surface area contributed by atoms with Crippen LogP contribution in [0.2, 0.25) is 0 Å². The molecule has 3 atom stereocenters. The van der Waals surface area contributed by atoms with Gasteiger partial charge >= 0.3 is 11.9 Å². The number of carbonyl (C=O) groups is 2. The zero-order valence-corrected chi connectivity index (χ0v) is 12.0. The molecule has 2 fully saturated rings. The third-order valence-electron chi connectivity index (χ3n) is 4.40. The Morgan fingerprint density at radius 1 is 1.14 bits per heavy atom. The van der Waals surface area contributed by atoms with Crippen molar-refractivity contribution in [2.24, 2.45) is 22.7 Å². The molecule has 3 N–H and O–H groups in total. The first kappa shape index (κ1) is 15.7. The van der Waals surface area contributed by atoms with Crippen molar-refractivity contribution in [2.45, 2.75) is 25.7 Å². The number of hydrogen-bond acceptors (Lipinski definition) is 4. The Morgan fingerprint density at radius 3 is 2.48 bits per heavy atom. The van der Waals surface area contributed by atoms with E-state index in [2.05, 4.69) is 5.32 Å². The maximum Gasteiger partial charge on any atom is 0.328 e. The minimum Gasteiger partial charge on any atom is -0.478 e. The van der Waals surface area contributed by atoms with Gasteiger partial charge in [-0.25, -0.2) is 9.59 Å². The quantitative estimate of drug-likeness (QED) is 0.664. The Kier molecular flexibility index (Phi) is 5.50. The van der Waals surface area contributed by atoms with Gasteiger partial charge in [-0.05, 0) is 56.5 Å². The smallest absolute Gasteiger partial charge is 0.328 e. The van der Waals surface area contributed by atoms with E-state index in [-0.39, 0.29) is 0 Å². The van der Waals surface area contributed by atoms with Crippen molar-refractivity contribution in [3.8, 4) is 0 Å². The van der Waals surface area contributed by atoms with Gasteiger partial charge in [0.25, 0.3) is 0 Å². The van der Waals surface area contributed by atoms with Crippen molar-refractivity contribution < 1.29 is 19.8 Å². The number of hydrogen-bond donors (Lipinski definition) is 3. The first-order chi connectivity index (χ1) is 10.1. The third kappa shape index (κ3) is 4.67. The fourth-order valence-corrected chi connectivity index (χ4v) is 3.42. The molecule has 0 aromatic heterocycles. The highest BCUT2D eigenvalue weighted by Gasteiger charge is 2.37. The summed E-state index contributed by atoms with van der Waals surface area (Å²) in [5.41, 5.74) is 1.57.